The Morgan fingerprint density at radius 2 is 2.11 bits per heavy atom. The molecule has 56 valence electrons. The molecule has 0 aliphatic rings. The van der Waals surface area contributed by atoms with Gasteiger partial charge in [-0.25, -0.2) is 0 Å². The molecule has 0 rings (SSSR count). The molecule has 1 unspecified atom stereocenters. The summed E-state index contributed by atoms with van der Waals surface area (Å²) in [6.07, 6.45) is 1.67. The minimum absolute atomic E-state index is 0.116. The van der Waals surface area contributed by atoms with E-state index < -0.39 is 0 Å². The van der Waals surface area contributed by atoms with Crippen molar-refractivity contribution in [1.82, 2.24) is 0 Å². The van der Waals surface area contributed by atoms with E-state index in [1.54, 1.807) is 7.11 Å². The lowest BCUT2D eigenvalue weighted by molar-refractivity contribution is -0.0156. The van der Waals surface area contributed by atoms with Gasteiger partial charge in [0.2, 0.25) is 0 Å². The molecule has 0 heterocycles. The van der Waals surface area contributed by atoms with Crippen LogP contribution in [0, 0.1) is 0 Å². The molecule has 2 heteroatoms. The second-order valence-electron chi connectivity index (χ2n) is 2.48. The standard InChI is InChI=1S/C7H16O2/c1-4-7(2,9-3)5-6-8/h8H,4-6H2,1-3H3. The van der Waals surface area contributed by atoms with Gasteiger partial charge in [-0.1, -0.05) is 6.92 Å². The predicted molar refractivity (Wildman–Crippen MR) is 37.4 cm³/mol. The zero-order valence-corrected chi connectivity index (χ0v) is 6.48. The van der Waals surface area contributed by atoms with Crippen molar-refractivity contribution in [2.45, 2.75) is 32.3 Å². The van der Waals surface area contributed by atoms with E-state index in [0.717, 1.165) is 12.8 Å². The van der Waals surface area contributed by atoms with Crippen LogP contribution in [0.25, 0.3) is 0 Å². The lowest BCUT2D eigenvalue weighted by Crippen LogP contribution is -2.27. The number of aliphatic hydroxyl groups is 1. The quantitative estimate of drug-likeness (QED) is 0.622. The van der Waals surface area contributed by atoms with Gasteiger partial charge >= 0.3 is 0 Å². The van der Waals surface area contributed by atoms with Crippen LogP contribution in [0.4, 0.5) is 0 Å². The summed E-state index contributed by atoms with van der Waals surface area (Å²) >= 11 is 0. The highest BCUT2D eigenvalue weighted by Crippen LogP contribution is 2.17. The average molecular weight is 132 g/mol. The van der Waals surface area contributed by atoms with E-state index in [1.165, 1.54) is 0 Å². The Morgan fingerprint density at radius 3 is 2.22 bits per heavy atom. The molecule has 0 aliphatic heterocycles. The Hall–Kier alpha value is -0.0800. The van der Waals surface area contributed by atoms with Gasteiger partial charge in [-0.3, -0.25) is 0 Å². The summed E-state index contributed by atoms with van der Waals surface area (Å²) < 4.78 is 5.17. The van der Waals surface area contributed by atoms with Crippen LogP contribution >= 0.6 is 0 Å². The second kappa shape index (κ2) is 3.85. The molecule has 9 heavy (non-hydrogen) atoms. The number of rotatable bonds is 4. The van der Waals surface area contributed by atoms with E-state index in [0.29, 0.717) is 0 Å². The number of hydrogen-bond acceptors (Lipinski definition) is 2. The summed E-state index contributed by atoms with van der Waals surface area (Å²) in [6.45, 7) is 4.26. The molecule has 0 amide bonds. The lowest BCUT2D eigenvalue weighted by Gasteiger charge is -2.25. The van der Waals surface area contributed by atoms with Crippen molar-refractivity contribution in [2.24, 2.45) is 0 Å². The molecule has 0 bridgehead atoms. The maximum Gasteiger partial charge on any atom is 0.0670 e. The molecule has 0 aliphatic carbocycles. The minimum atomic E-state index is -0.116. The van der Waals surface area contributed by atoms with Crippen molar-refractivity contribution < 1.29 is 9.84 Å². The zero-order valence-electron chi connectivity index (χ0n) is 6.48. The van der Waals surface area contributed by atoms with Crippen molar-refractivity contribution >= 4 is 0 Å². The first-order valence-corrected chi connectivity index (χ1v) is 3.34. The fraction of sp³-hybridized carbons (Fsp3) is 1.00. The van der Waals surface area contributed by atoms with Gasteiger partial charge in [0.15, 0.2) is 0 Å². The first kappa shape index (κ1) is 8.92. The maximum atomic E-state index is 8.58. The van der Waals surface area contributed by atoms with Crippen molar-refractivity contribution in [3.05, 3.63) is 0 Å². The molecule has 0 saturated heterocycles. The van der Waals surface area contributed by atoms with E-state index >= 15 is 0 Å². The van der Waals surface area contributed by atoms with E-state index in [9.17, 15) is 0 Å². The van der Waals surface area contributed by atoms with Gasteiger partial charge in [0.1, 0.15) is 0 Å². The molecule has 0 aromatic rings. The molecular formula is C7H16O2. The van der Waals surface area contributed by atoms with Gasteiger partial charge in [-0.2, -0.15) is 0 Å². The third-order valence-corrected chi connectivity index (χ3v) is 1.88. The topological polar surface area (TPSA) is 29.5 Å². The summed E-state index contributed by atoms with van der Waals surface area (Å²) in [4.78, 5) is 0. The Balaban J connectivity index is 3.62. The fourth-order valence-electron chi connectivity index (χ4n) is 0.660. The van der Waals surface area contributed by atoms with Crippen molar-refractivity contribution in [1.29, 1.82) is 0 Å². The number of hydrogen-bond donors (Lipinski definition) is 1. The van der Waals surface area contributed by atoms with Gasteiger partial charge in [0, 0.05) is 13.7 Å². The predicted octanol–water partition coefficient (Wildman–Crippen LogP) is 1.18. The third-order valence-electron chi connectivity index (χ3n) is 1.88. The smallest absolute Gasteiger partial charge is 0.0670 e. The van der Waals surface area contributed by atoms with Crippen molar-refractivity contribution in [3.8, 4) is 0 Å². The molecule has 0 aromatic heterocycles. The maximum absolute atomic E-state index is 8.58. The number of ether oxygens (including phenoxy) is 1. The van der Waals surface area contributed by atoms with Crippen LogP contribution in [-0.4, -0.2) is 24.4 Å². The van der Waals surface area contributed by atoms with Crippen LogP contribution in [0.2, 0.25) is 0 Å². The monoisotopic (exact) mass is 132 g/mol. The summed E-state index contributed by atoms with van der Waals surface area (Å²) in [7, 11) is 1.68. The number of aliphatic hydroxyl groups excluding tert-OH is 1. The molecule has 1 atom stereocenters. The van der Waals surface area contributed by atoms with Gasteiger partial charge in [-0.05, 0) is 19.8 Å². The first-order chi connectivity index (χ1) is 4.18. The SMILES string of the molecule is CCC(C)(CCO)OC. The van der Waals surface area contributed by atoms with Crippen LogP contribution < -0.4 is 0 Å². The molecule has 2 nitrogen and oxygen atoms in total. The molecule has 1 N–H and O–H groups in total. The minimum Gasteiger partial charge on any atom is -0.396 e. The van der Waals surface area contributed by atoms with Crippen LogP contribution in [0.15, 0.2) is 0 Å². The average Bonchev–Trinajstić information content (AvgIpc) is 1.89. The fourth-order valence-corrected chi connectivity index (χ4v) is 0.660. The van der Waals surface area contributed by atoms with E-state index in [2.05, 4.69) is 6.92 Å². The lowest BCUT2D eigenvalue weighted by atomic mass is 10.00. The Bertz CT molecular complexity index is 67.3. The highest BCUT2D eigenvalue weighted by molar-refractivity contribution is 4.71. The zero-order chi connectivity index (χ0) is 7.33. The summed E-state index contributed by atoms with van der Waals surface area (Å²) in [6, 6.07) is 0. The molecule has 0 aromatic carbocycles. The van der Waals surface area contributed by atoms with E-state index in [4.69, 9.17) is 9.84 Å². The Morgan fingerprint density at radius 1 is 1.56 bits per heavy atom. The van der Waals surface area contributed by atoms with Crippen LogP contribution in [0.3, 0.4) is 0 Å². The van der Waals surface area contributed by atoms with Crippen molar-refractivity contribution in [2.75, 3.05) is 13.7 Å². The second-order valence-corrected chi connectivity index (χ2v) is 2.48. The molecule has 0 radical (unpaired) electrons. The molecule has 0 fully saturated rings. The molecular weight excluding hydrogens is 116 g/mol. The van der Waals surface area contributed by atoms with Crippen LogP contribution in [0.1, 0.15) is 26.7 Å². The normalized spacial score (nSPS) is 17.3. The number of methoxy groups -OCH3 is 1. The van der Waals surface area contributed by atoms with Crippen LogP contribution in [-0.2, 0) is 4.74 Å². The van der Waals surface area contributed by atoms with Crippen molar-refractivity contribution in [3.63, 3.8) is 0 Å². The summed E-state index contributed by atoms with van der Waals surface area (Å²) in [5, 5.41) is 8.58. The third kappa shape index (κ3) is 2.82. The van der Waals surface area contributed by atoms with Gasteiger partial charge in [0.25, 0.3) is 0 Å². The van der Waals surface area contributed by atoms with Gasteiger partial charge in [0.05, 0.1) is 5.60 Å². The Labute approximate surface area is 56.8 Å². The van der Waals surface area contributed by atoms with Gasteiger partial charge in [-0.15, -0.1) is 0 Å². The summed E-state index contributed by atoms with van der Waals surface area (Å²) in [5.41, 5.74) is -0.116. The first-order valence-electron chi connectivity index (χ1n) is 3.34. The van der Waals surface area contributed by atoms with E-state index in [-0.39, 0.29) is 12.2 Å². The summed E-state index contributed by atoms with van der Waals surface area (Å²) in [5.74, 6) is 0. The molecule has 0 spiro atoms. The highest BCUT2D eigenvalue weighted by atomic mass is 16.5. The van der Waals surface area contributed by atoms with E-state index in [1.807, 2.05) is 6.92 Å². The highest BCUT2D eigenvalue weighted by Gasteiger charge is 2.19. The largest absolute Gasteiger partial charge is 0.396 e. The van der Waals surface area contributed by atoms with Crippen LogP contribution in [0.5, 0.6) is 0 Å². The Kier molecular flexibility index (Phi) is 3.82. The van der Waals surface area contributed by atoms with Gasteiger partial charge < -0.3 is 9.84 Å². The molecule has 0 saturated carbocycles.